The van der Waals surface area contributed by atoms with E-state index in [4.69, 9.17) is 4.52 Å². The fourth-order valence-electron chi connectivity index (χ4n) is 3.50. The van der Waals surface area contributed by atoms with Gasteiger partial charge in [0.1, 0.15) is 6.04 Å². The van der Waals surface area contributed by atoms with Crippen LogP contribution in [0.2, 0.25) is 0 Å². The zero-order chi connectivity index (χ0) is 15.5. The highest BCUT2D eigenvalue weighted by Gasteiger charge is 2.37. The highest BCUT2D eigenvalue weighted by atomic mass is 16.5. The molecule has 122 valence electrons. The van der Waals surface area contributed by atoms with Gasteiger partial charge in [-0.1, -0.05) is 31.8 Å². The van der Waals surface area contributed by atoms with Crippen LogP contribution in [0.3, 0.4) is 0 Å². The Morgan fingerprint density at radius 3 is 2.64 bits per heavy atom. The highest BCUT2D eigenvalue weighted by molar-refractivity contribution is 5.79. The van der Waals surface area contributed by atoms with Crippen molar-refractivity contribution in [1.82, 2.24) is 15.0 Å². The molecule has 1 saturated carbocycles. The minimum absolute atomic E-state index is 0.00344. The molecule has 2 fully saturated rings. The fraction of sp³-hybridized carbons (Fsp3) is 0.824. The summed E-state index contributed by atoms with van der Waals surface area (Å²) in [5.41, 5.74) is 0. The number of hydrogen-bond acceptors (Lipinski definition) is 4. The average Bonchev–Trinajstić information content (AvgIpc) is 3.06. The van der Waals surface area contributed by atoms with E-state index >= 15 is 0 Å². The quantitative estimate of drug-likeness (QED) is 0.768. The van der Waals surface area contributed by atoms with Gasteiger partial charge in [-0.3, -0.25) is 4.79 Å². The molecule has 0 bridgehead atoms. The van der Waals surface area contributed by atoms with E-state index in [1.807, 2.05) is 4.90 Å². The number of amides is 1. The second-order valence-corrected chi connectivity index (χ2v) is 6.73. The van der Waals surface area contributed by atoms with E-state index in [-0.39, 0.29) is 17.9 Å². The van der Waals surface area contributed by atoms with Crippen LogP contribution in [0.25, 0.3) is 0 Å². The zero-order valence-electron chi connectivity index (χ0n) is 13.8. The lowest BCUT2D eigenvalue weighted by Gasteiger charge is -2.26. The molecule has 1 aliphatic carbocycles. The third-order valence-electron chi connectivity index (χ3n) is 4.84. The van der Waals surface area contributed by atoms with Gasteiger partial charge in [0.15, 0.2) is 5.82 Å². The number of likely N-dealkylation sites (tertiary alicyclic amines) is 1. The predicted molar refractivity (Wildman–Crippen MR) is 83.3 cm³/mol. The van der Waals surface area contributed by atoms with Crippen molar-refractivity contribution in [3.8, 4) is 0 Å². The van der Waals surface area contributed by atoms with Crippen molar-refractivity contribution in [2.75, 3.05) is 6.54 Å². The maximum atomic E-state index is 12.9. The molecule has 5 nitrogen and oxygen atoms in total. The van der Waals surface area contributed by atoms with Crippen LogP contribution in [-0.2, 0) is 4.79 Å². The van der Waals surface area contributed by atoms with Gasteiger partial charge in [-0.25, -0.2) is 0 Å². The normalized spacial score (nSPS) is 21.8. The lowest BCUT2D eigenvalue weighted by molar-refractivity contribution is -0.137. The molecule has 0 spiro atoms. The average molecular weight is 305 g/mol. The Labute approximate surface area is 132 Å². The summed E-state index contributed by atoms with van der Waals surface area (Å²) >= 11 is 0. The summed E-state index contributed by atoms with van der Waals surface area (Å²) in [5, 5.41) is 4.11. The van der Waals surface area contributed by atoms with Crippen molar-refractivity contribution in [2.45, 2.75) is 77.2 Å². The van der Waals surface area contributed by atoms with Crippen molar-refractivity contribution in [1.29, 1.82) is 0 Å². The van der Waals surface area contributed by atoms with Crippen molar-refractivity contribution in [3.63, 3.8) is 0 Å². The number of carbonyl (C=O) groups is 1. The Balaban J connectivity index is 1.71. The largest absolute Gasteiger partial charge is 0.337 e. The van der Waals surface area contributed by atoms with E-state index in [1.54, 1.807) is 0 Å². The topological polar surface area (TPSA) is 59.2 Å². The minimum atomic E-state index is 0.00344. The fourth-order valence-corrected chi connectivity index (χ4v) is 3.50. The number of carbonyl (C=O) groups excluding carboxylic acids is 1. The van der Waals surface area contributed by atoms with Crippen molar-refractivity contribution in [3.05, 3.63) is 11.7 Å². The Kier molecular flexibility index (Phi) is 4.79. The Hall–Kier alpha value is -1.39. The number of hydrogen-bond donors (Lipinski definition) is 0. The first-order valence-corrected chi connectivity index (χ1v) is 8.88. The Bertz CT molecular complexity index is 504. The van der Waals surface area contributed by atoms with E-state index in [2.05, 4.69) is 24.0 Å². The van der Waals surface area contributed by atoms with E-state index < -0.39 is 0 Å². The molecule has 3 rings (SSSR count). The summed E-state index contributed by atoms with van der Waals surface area (Å²) in [6.07, 6.45) is 8.39. The highest BCUT2D eigenvalue weighted by Crippen LogP contribution is 2.40. The smallest absolute Gasteiger partial charge is 0.249 e. The van der Waals surface area contributed by atoms with E-state index in [0.29, 0.717) is 11.8 Å². The first-order chi connectivity index (χ1) is 10.7. The van der Waals surface area contributed by atoms with Crippen LogP contribution in [0.4, 0.5) is 0 Å². The summed E-state index contributed by atoms with van der Waals surface area (Å²) in [4.78, 5) is 19.5. The summed E-state index contributed by atoms with van der Waals surface area (Å²) in [6.45, 7) is 5.13. The van der Waals surface area contributed by atoms with Gasteiger partial charge in [0.2, 0.25) is 11.8 Å². The molecule has 0 aromatic carbocycles. The van der Waals surface area contributed by atoms with Crippen LogP contribution in [0.15, 0.2) is 4.52 Å². The molecule has 1 unspecified atom stereocenters. The maximum Gasteiger partial charge on any atom is 0.249 e. The Morgan fingerprint density at radius 2 is 2.00 bits per heavy atom. The molecule has 2 heterocycles. The SMILES string of the molecule is CCCC(CCC)C(=O)N1CCCC1c1nc(C2CC2)no1. The molecule has 1 amide bonds. The number of aromatic nitrogens is 2. The molecule has 1 aromatic heterocycles. The molecule has 1 aliphatic heterocycles. The van der Waals surface area contributed by atoms with Crippen LogP contribution in [0.1, 0.15) is 88.9 Å². The van der Waals surface area contributed by atoms with E-state index in [0.717, 1.165) is 50.9 Å². The van der Waals surface area contributed by atoms with Gasteiger partial charge in [-0.2, -0.15) is 4.98 Å². The second-order valence-electron chi connectivity index (χ2n) is 6.73. The molecular formula is C17H27N3O2. The summed E-state index contributed by atoms with van der Waals surface area (Å²) < 4.78 is 5.47. The van der Waals surface area contributed by atoms with Gasteiger partial charge in [0.05, 0.1) is 0 Å². The lowest BCUT2D eigenvalue weighted by Crippen LogP contribution is -2.36. The number of rotatable bonds is 7. The first-order valence-electron chi connectivity index (χ1n) is 8.88. The van der Waals surface area contributed by atoms with Crippen molar-refractivity contribution in [2.24, 2.45) is 5.92 Å². The zero-order valence-corrected chi connectivity index (χ0v) is 13.8. The van der Waals surface area contributed by atoms with Gasteiger partial charge >= 0.3 is 0 Å². The van der Waals surface area contributed by atoms with E-state index in [9.17, 15) is 4.79 Å². The lowest BCUT2D eigenvalue weighted by atomic mass is 9.96. The van der Waals surface area contributed by atoms with E-state index in [1.165, 1.54) is 12.8 Å². The van der Waals surface area contributed by atoms with Gasteiger partial charge in [0.25, 0.3) is 0 Å². The third-order valence-corrected chi connectivity index (χ3v) is 4.84. The summed E-state index contributed by atoms with van der Waals surface area (Å²) in [5.74, 6) is 2.43. The molecule has 1 saturated heterocycles. The van der Waals surface area contributed by atoms with Crippen LogP contribution in [0.5, 0.6) is 0 Å². The molecule has 0 radical (unpaired) electrons. The van der Waals surface area contributed by atoms with Crippen molar-refractivity contribution < 1.29 is 9.32 Å². The molecule has 2 aliphatic rings. The molecule has 1 aromatic rings. The molecule has 1 atom stereocenters. The van der Waals surface area contributed by atoms with Gasteiger partial charge in [-0.15, -0.1) is 0 Å². The van der Waals surface area contributed by atoms with Gasteiger partial charge in [-0.05, 0) is 38.5 Å². The van der Waals surface area contributed by atoms with Crippen LogP contribution >= 0.6 is 0 Å². The molecule has 0 N–H and O–H groups in total. The van der Waals surface area contributed by atoms with Gasteiger partial charge in [0, 0.05) is 18.4 Å². The summed E-state index contributed by atoms with van der Waals surface area (Å²) in [7, 11) is 0. The minimum Gasteiger partial charge on any atom is -0.337 e. The Morgan fingerprint density at radius 1 is 1.27 bits per heavy atom. The summed E-state index contributed by atoms with van der Waals surface area (Å²) in [6, 6.07) is 0.00344. The second kappa shape index (κ2) is 6.80. The third kappa shape index (κ3) is 3.18. The van der Waals surface area contributed by atoms with Gasteiger partial charge < -0.3 is 9.42 Å². The first kappa shape index (κ1) is 15.5. The van der Waals surface area contributed by atoms with Crippen molar-refractivity contribution >= 4 is 5.91 Å². The standard InChI is InChI=1S/C17H27N3O2/c1-3-6-13(7-4-2)17(21)20-11-5-8-14(20)16-18-15(19-22-16)12-9-10-12/h12-14H,3-11H2,1-2H3. The number of nitrogens with zero attached hydrogens (tertiary/aromatic N) is 3. The predicted octanol–water partition coefficient (Wildman–Crippen LogP) is 3.83. The monoisotopic (exact) mass is 305 g/mol. The molecule has 22 heavy (non-hydrogen) atoms. The molecular weight excluding hydrogens is 278 g/mol. The van der Waals surface area contributed by atoms with Crippen LogP contribution in [0, 0.1) is 5.92 Å². The van der Waals surface area contributed by atoms with Crippen LogP contribution < -0.4 is 0 Å². The molecule has 5 heteroatoms. The maximum absolute atomic E-state index is 12.9. The van der Waals surface area contributed by atoms with Crippen LogP contribution in [-0.4, -0.2) is 27.5 Å².